The van der Waals surface area contributed by atoms with E-state index in [1.54, 1.807) is 9.58 Å². The predicted molar refractivity (Wildman–Crippen MR) is 83.8 cm³/mol. The van der Waals surface area contributed by atoms with E-state index in [1.807, 2.05) is 19.9 Å². The summed E-state index contributed by atoms with van der Waals surface area (Å²) in [4.78, 5) is 20.4. The van der Waals surface area contributed by atoms with Gasteiger partial charge in [0.2, 0.25) is 5.91 Å². The average Bonchev–Trinajstić information content (AvgIpc) is 3.14. The van der Waals surface area contributed by atoms with Gasteiger partial charge in [0.1, 0.15) is 18.1 Å². The number of nitrogens with zero attached hydrogens (tertiary/aromatic N) is 4. The molecule has 0 saturated carbocycles. The third kappa shape index (κ3) is 3.85. The van der Waals surface area contributed by atoms with E-state index in [4.69, 9.17) is 0 Å². The lowest BCUT2D eigenvalue weighted by Gasteiger charge is -2.32. The zero-order valence-corrected chi connectivity index (χ0v) is 14.1. The van der Waals surface area contributed by atoms with Gasteiger partial charge in [-0.25, -0.2) is 4.98 Å². The highest BCUT2D eigenvalue weighted by Crippen LogP contribution is 2.31. The number of carbonyl (C=O) groups excluding carboxylic acids is 1. The molecule has 1 N–H and O–H groups in total. The molecule has 2 aromatic heterocycles. The van der Waals surface area contributed by atoms with Crippen molar-refractivity contribution in [1.82, 2.24) is 24.6 Å². The maximum atomic E-state index is 12.7. The number of hydrogen-bond acceptors (Lipinski definition) is 3. The molecule has 1 atom stereocenters. The number of imidazole rings is 1. The molecule has 1 saturated heterocycles. The minimum atomic E-state index is -4.44. The number of halogens is 3. The molecule has 1 fully saturated rings. The van der Waals surface area contributed by atoms with Gasteiger partial charge in [-0.3, -0.25) is 9.48 Å². The SMILES string of the molecule is Cc1cc(C)n(CC(=O)N2CCCC(c3ncc(C(F)(F)F)[nH]3)C2)n1. The summed E-state index contributed by atoms with van der Waals surface area (Å²) in [5.74, 6) is -0.0105. The lowest BCUT2D eigenvalue weighted by atomic mass is 9.97. The Labute approximate surface area is 143 Å². The fourth-order valence-electron chi connectivity index (χ4n) is 3.18. The Bertz CT molecular complexity index is 764. The Kier molecular flexibility index (Phi) is 4.57. The molecule has 25 heavy (non-hydrogen) atoms. The molecule has 1 unspecified atom stereocenters. The van der Waals surface area contributed by atoms with Crippen LogP contribution < -0.4 is 0 Å². The summed E-state index contributed by atoms with van der Waals surface area (Å²) in [6.07, 6.45) is -2.19. The monoisotopic (exact) mass is 355 g/mol. The van der Waals surface area contributed by atoms with Gasteiger partial charge in [0.25, 0.3) is 0 Å². The quantitative estimate of drug-likeness (QED) is 0.920. The van der Waals surface area contributed by atoms with E-state index in [2.05, 4.69) is 15.1 Å². The number of likely N-dealkylation sites (tertiary alicyclic amines) is 1. The predicted octanol–water partition coefficient (Wildman–Crippen LogP) is 2.65. The fourth-order valence-corrected chi connectivity index (χ4v) is 3.18. The minimum Gasteiger partial charge on any atom is -0.340 e. The summed E-state index contributed by atoms with van der Waals surface area (Å²) in [7, 11) is 0. The van der Waals surface area contributed by atoms with Crippen molar-refractivity contribution in [1.29, 1.82) is 0 Å². The minimum absolute atomic E-state index is 0.0847. The summed E-state index contributed by atoms with van der Waals surface area (Å²) < 4.78 is 39.8. The van der Waals surface area contributed by atoms with Gasteiger partial charge in [0.15, 0.2) is 0 Å². The first kappa shape index (κ1) is 17.5. The number of alkyl halides is 3. The zero-order valence-electron chi connectivity index (χ0n) is 14.1. The number of hydrogen-bond donors (Lipinski definition) is 1. The highest BCUT2D eigenvalue weighted by atomic mass is 19.4. The van der Waals surface area contributed by atoms with Crippen molar-refractivity contribution in [3.8, 4) is 0 Å². The van der Waals surface area contributed by atoms with E-state index in [-0.39, 0.29) is 24.2 Å². The largest absolute Gasteiger partial charge is 0.432 e. The van der Waals surface area contributed by atoms with Crippen LogP contribution in [0.3, 0.4) is 0 Å². The summed E-state index contributed by atoms with van der Waals surface area (Å²) in [5.41, 5.74) is 0.894. The maximum Gasteiger partial charge on any atom is 0.432 e. The lowest BCUT2D eigenvalue weighted by Crippen LogP contribution is -2.41. The molecule has 2 aromatic rings. The average molecular weight is 355 g/mol. The van der Waals surface area contributed by atoms with E-state index < -0.39 is 11.9 Å². The van der Waals surface area contributed by atoms with Crippen molar-refractivity contribution >= 4 is 5.91 Å². The molecule has 6 nitrogen and oxygen atoms in total. The summed E-state index contributed by atoms with van der Waals surface area (Å²) in [5, 5.41) is 4.28. The van der Waals surface area contributed by atoms with Crippen molar-refractivity contribution < 1.29 is 18.0 Å². The van der Waals surface area contributed by atoms with Crippen LogP contribution in [0.5, 0.6) is 0 Å². The highest BCUT2D eigenvalue weighted by molar-refractivity contribution is 5.76. The van der Waals surface area contributed by atoms with Crippen molar-refractivity contribution in [3.05, 3.63) is 35.2 Å². The van der Waals surface area contributed by atoms with Crippen molar-refractivity contribution in [3.63, 3.8) is 0 Å². The molecule has 136 valence electrons. The van der Waals surface area contributed by atoms with E-state index in [9.17, 15) is 18.0 Å². The molecule has 0 radical (unpaired) electrons. The smallest absolute Gasteiger partial charge is 0.340 e. The Morgan fingerprint density at radius 3 is 2.76 bits per heavy atom. The third-order valence-electron chi connectivity index (χ3n) is 4.45. The summed E-state index contributed by atoms with van der Waals surface area (Å²) in [6.45, 7) is 4.84. The summed E-state index contributed by atoms with van der Waals surface area (Å²) >= 11 is 0. The second-order valence-corrected chi connectivity index (χ2v) is 6.44. The van der Waals surface area contributed by atoms with Crippen molar-refractivity contribution in [2.45, 2.75) is 45.3 Å². The molecule has 1 amide bonds. The number of carbonyl (C=O) groups is 1. The molecule has 0 bridgehead atoms. The Morgan fingerprint density at radius 2 is 2.16 bits per heavy atom. The second-order valence-electron chi connectivity index (χ2n) is 6.44. The molecular weight excluding hydrogens is 335 g/mol. The zero-order chi connectivity index (χ0) is 18.2. The topological polar surface area (TPSA) is 66.8 Å². The number of aromatic nitrogens is 4. The van der Waals surface area contributed by atoms with Gasteiger partial charge in [0.05, 0.1) is 11.9 Å². The fraction of sp³-hybridized carbons (Fsp3) is 0.562. The molecule has 1 aliphatic rings. The molecule has 1 aliphatic heterocycles. The molecule has 3 heterocycles. The van der Waals surface area contributed by atoms with Gasteiger partial charge in [-0.1, -0.05) is 0 Å². The molecule has 0 aromatic carbocycles. The number of rotatable bonds is 3. The van der Waals surface area contributed by atoms with Crippen LogP contribution in [0.15, 0.2) is 12.3 Å². The van der Waals surface area contributed by atoms with Crippen molar-refractivity contribution in [2.24, 2.45) is 0 Å². The molecule has 0 aliphatic carbocycles. The van der Waals surface area contributed by atoms with E-state index in [1.165, 1.54) is 0 Å². The highest BCUT2D eigenvalue weighted by Gasteiger charge is 2.34. The van der Waals surface area contributed by atoms with Crippen LogP contribution in [0.25, 0.3) is 0 Å². The van der Waals surface area contributed by atoms with Crippen molar-refractivity contribution in [2.75, 3.05) is 13.1 Å². The third-order valence-corrected chi connectivity index (χ3v) is 4.45. The molecule has 9 heteroatoms. The normalized spacial score (nSPS) is 18.6. The standard InChI is InChI=1S/C16H20F3N5O/c1-10-6-11(2)24(22-10)9-14(25)23-5-3-4-12(8-23)15-20-7-13(21-15)16(17,18)19/h6-7,12H,3-5,8-9H2,1-2H3,(H,20,21). The van der Waals surface area contributed by atoms with Crippen LogP contribution in [0.4, 0.5) is 13.2 Å². The van der Waals surface area contributed by atoms with Gasteiger partial charge in [-0.05, 0) is 32.8 Å². The lowest BCUT2D eigenvalue weighted by molar-refractivity contribution is -0.141. The number of amides is 1. The molecule has 0 spiro atoms. The first-order valence-corrected chi connectivity index (χ1v) is 8.15. The Balaban J connectivity index is 1.67. The van der Waals surface area contributed by atoms with Gasteiger partial charge < -0.3 is 9.88 Å². The Hall–Kier alpha value is -2.32. The van der Waals surface area contributed by atoms with Crippen LogP contribution in [0.2, 0.25) is 0 Å². The summed E-state index contributed by atoms with van der Waals surface area (Å²) in [6, 6.07) is 1.90. The first-order valence-electron chi connectivity index (χ1n) is 8.15. The number of aryl methyl sites for hydroxylation is 2. The van der Waals surface area contributed by atoms with Gasteiger partial charge in [-0.2, -0.15) is 18.3 Å². The van der Waals surface area contributed by atoms with E-state index in [0.29, 0.717) is 19.5 Å². The first-order chi connectivity index (χ1) is 11.7. The van der Waals surface area contributed by atoms with Crippen LogP contribution >= 0.6 is 0 Å². The number of nitrogens with one attached hydrogen (secondary N) is 1. The van der Waals surface area contributed by atoms with Gasteiger partial charge in [0, 0.05) is 24.7 Å². The van der Waals surface area contributed by atoms with E-state index >= 15 is 0 Å². The number of aromatic amines is 1. The number of H-pyrrole nitrogens is 1. The van der Waals surface area contributed by atoms with E-state index in [0.717, 1.165) is 24.0 Å². The van der Waals surface area contributed by atoms with Crippen LogP contribution in [0.1, 0.15) is 41.7 Å². The second kappa shape index (κ2) is 6.53. The van der Waals surface area contributed by atoms with Crippen LogP contribution in [0, 0.1) is 13.8 Å². The number of piperidine rings is 1. The molecule has 3 rings (SSSR count). The van der Waals surface area contributed by atoms with Crippen LogP contribution in [-0.4, -0.2) is 43.6 Å². The maximum absolute atomic E-state index is 12.7. The Morgan fingerprint density at radius 1 is 1.40 bits per heavy atom. The molecular formula is C16H20F3N5O. The van der Waals surface area contributed by atoms with Crippen LogP contribution in [-0.2, 0) is 17.5 Å². The van der Waals surface area contributed by atoms with Gasteiger partial charge in [-0.15, -0.1) is 0 Å². The van der Waals surface area contributed by atoms with Gasteiger partial charge >= 0.3 is 6.18 Å².